The van der Waals surface area contributed by atoms with Crippen LogP contribution >= 0.6 is 0 Å². The summed E-state index contributed by atoms with van der Waals surface area (Å²) in [5.74, 6) is -0.780. The third kappa shape index (κ3) is 1.72. The monoisotopic (exact) mass is 260 g/mol. The van der Waals surface area contributed by atoms with E-state index in [4.69, 9.17) is 4.42 Å². The topological polar surface area (TPSA) is 13.1 Å². The molecule has 0 aliphatic heterocycles. The highest BCUT2D eigenvalue weighted by Crippen LogP contribution is 2.34. The van der Waals surface area contributed by atoms with Gasteiger partial charge in [0.2, 0.25) is 0 Å². The maximum absolute atomic E-state index is 14.3. The molecular formula is C16H14F2O. The summed E-state index contributed by atoms with van der Waals surface area (Å²) in [6.45, 7) is 3.66. The van der Waals surface area contributed by atoms with Crippen LogP contribution in [0.2, 0.25) is 0 Å². The number of hydrogen-bond acceptors (Lipinski definition) is 1. The lowest BCUT2D eigenvalue weighted by atomic mass is 10.1. The van der Waals surface area contributed by atoms with Crippen molar-refractivity contribution in [3.05, 3.63) is 47.0 Å². The largest absolute Gasteiger partial charge is 0.450 e. The Labute approximate surface area is 109 Å². The summed E-state index contributed by atoms with van der Waals surface area (Å²) in [6, 6.07) is 7.03. The van der Waals surface area contributed by atoms with Gasteiger partial charge in [0.1, 0.15) is 0 Å². The van der Waals surface area contributed by atoms with E-state index in [1.807, 2.05) is 13.0 Å². The van der Waals surface area contributed by atoms with Gasteiger partial charge < -0.3 is 4.42 Å². The zero-order valence-corrected chi connectivity index (χ0v) is 10.9. The Morgan fingerprint density at radius 1 is 0.947 bits per heavy atom. The summed E-state index contributed by atoms with van der Waals surface area (Å²) in [6.07, 6.45) is 1.51. The maximum atomic E-state index is 14.3. The molecule has 0 saturated heterocycles. The van der Waals surface area contributed by atoms with E-state index in [9.17, 15) is 8.78 Å². The summed E-state index contributed by atoms with van der Waals surface area (Å²) < 4.78 is 33.7. The van der Waals surface area contributed by atoms with Crippen molar-refractivity contribution in [3.8, 4) is 0 Å². The van der Waals surface area contributed by atoms with Crippen molar-refractivity contribution in [3.63, 3.8) is 0 Å². The van der Waals surface area contributed by atoms with Gasteiger partial charge in [0, 0.05) is 10.8 Å². The lowest BCUT2D eigenvalue weighted by Crippen LogP contribution is -1.89. The second-order valence-corrected chi connectivity index (χ2v) is 4.84. The lowest BCUT2D eigenvalue weighted by molar-refractivity contribution is 0.548. The van der Waals surface area contributed by atoms with Crippen LogP contribution in [0.1, 0.15) is 24.5 Å². The second kappa shape index (κ2) is 4.34. The van der Waals surface area contributed by atoms with Gasteiger partial charge in [-0.1, -0.05) is 31.5 Å². The second-order valence-electron chi connectivity index (χ2n) is 4.84. The molecule has 0 spiro atoms. The summed E-state index contributed by atoms with van der Waals surface area (Å²) in [5.41, 5.74) is 1.42. The first-order chi connectivity index (χ1) is 9.13. The van der Waals surface area contributed by atoms with Crippen LogP contribution in [0.4, 0.5) is 8.78 Å². The third-order valence-electron chi connectivity index (χ3n) is 3.48. The van der Waals surface area contributed by atoms with E-state index in [1.165, 1.54) is 0 Å². The summed E-state index contributed by atoms with van der Waals surface area (Å²) in [5, 5.41) is 1.26. The normalized spacial score (nSPS) is 11.6. The smallest absolute Gasteiger partial charge is 0.171 e. The first-order valence-corrected chi connectivity index (χ1v) is 6.42. The van der Waals surface area contributed by atoms with Crippen molar-refractivity contribution < 1.29 is 13.2 Å². The van der Waals surface area contributed by atoms with E-state index in [0.717, 1.165) is 6.42 Å². The molecule has 0 radical (unpaired) electrons. The van der Waals surface area contributed by atoms with Crippen molar-refractivity contribution in [2.75, 3.05) is 0 Å². The van der Waals surface area contributed by atoms with Crippen molar-refractivity contribution in [1.29, 1.82) is 0 Å². The zero-order chi connectivity index (χ0) is 13.6. The highest BCUT2D eigenvalue weighted by Gasteiger charge is 2.17. The van der Waals surface area contributed by atoms with Crippen LogP contribution in [0.5, 0.6) is 0 Å². The van der Waals surface area contributed by atoms with Gasteiger partial charge in [-0.15, -0.1) is 0 Å². The summed E-state index contributed by atoms with van der Waals surface area (Å²) >= 11 is 0. The van der Waals surface area contributed by atoms with Crippen LogP contribution < -0.4 is 0 Å². The molecule has 0 fully saturated rings. The van der Waals surface area contributed by atoms with E-state index >= 15 is 0 Å². The number of hydrogen-bond donors (Lipinski definition) is 0. The molecule has 1 aromatic heterocycles. The number of benzene rings is 2. The Bertz CT molecular complexity index is 771. The molecular weight excluding hydrogens is 246 g/mol. The van der Waals surface area contributed by atoms with E-state index < -0.39 is 5.82 Å². The molecule has 19 heavy (non-hydrogen) atoms. The Morgan fingerprint density at radius 2 is 1.58 bits per heavy atom. The van der Waals surface area contributed by atoms with Crippen molar-refractivity contribution in [2.45, 2.75) is 26.7 Å². The molecule has 0 N–H and O–H groups in total. The van der Waals surface area contributed by atoms with Crippen LogP contribution in [0.3, 0.4) is 0 Å². The first kappa shape index (κ1) is 12.2. The van der Waals surface area contributed by atoms with Crippen molar-refractivity contribution in [1.82, 2.24) is 0 Å². The Morgan fingerprint density at radius 3 is 2.26 bits per heavy atom. The number of furan rings is 1. The fourth-order valence-corrected chi connectivity index (χ4v) is 2.44. The van der Waals surface area contributed by atoms with E-state index in [-0.39, 0.29) is 17.0 Å². The molecule has 0 unspecified atom stereocenters. The predicted octanol–water partition coefficient (Wildman–Crippen LogP) is 5.13. The van der Waals surface area contributed by atoms with Gasteiger partial charge in [0.15, 0.2) is 22.8 Å². The third-order valence-corrected chi connectivity index (χ3v) is 3.48. The number of rotatable bonds is 2. The van der Waals surface area contributed by atoms with Crippen LogP contribution in [-0.2, 0) is 6.42 Å². The SMILES string of the molecule is CCCc1ccc2c(oc3c(F)c(C)ccc32)c1F. The average Bonchev–Trinajstić information content (AvgIpc) is 2.78. The Balaban J connectivity index is 2.39. The Hall–Kier alpha value is -1.90. The molecule has 2 aromatic carbocycles. The fourth-order valence-electron chi connectivity index (χ4n) is 2.44. The molecule has 3 aromatic rings. The molecule has 0 bridgehead atoms. The minimum Gasteiger partial charge on any atom is -0.450 e. The fraction of sp³-hybridized carbons (Fsp3) is 0.250. The predicted molar refractivity (Wildman–Crippen MR) is 72.4 cm³/mol. The van der Waals surface area contributed by atoms with Gasteiger partial charge in [-0.25, -0.2) is 8.78 Å². The Kier molecular flexibility index (Phi) is 2.77. The van der Waals surface area contributed by atoms with Crippen molar-refractivity contribution >= 4 is 21.9 Å². The molecule has 0 saturated carbocycles. The van der Waals surface area contributed by atoms with Gasteiger partial charge >= 0.3 is 0 Å². The highest BCUT2D eigenvalue weighted by atomic mass is 19.1. The lowest BCUT2D eigenvalue weighted by Gasteiger charge is -2.00. The quantitative estimate of drug-likeness (QED) is 0.623. The number of fused-ring (bicyclic) bond motifs is 3. The minimum atomic E-state index is -0.412. The minimum absolute atomic E-state index is 0.141. The standard InChI is InChI=1S/C16H14F2O/c1-3-4-10-6-8-12-11-7-5-9(2)13(17)15(11)19-16(12)14(10)18/h5-8H,3-4H2,1-2H3. The van der Waals surface area contributed by atoms with Gasteiger partial charge in [0.05, 0.1) is 0 Å². The molecule has 1 heterocycles. The molecule has 0 atom stereocenters. The van der Waals surface area contributed by atoms with Gasteiger partial charge in [-0.05, 0) is 30.5 Å². The molecule has 3 rings (SSSR count). The van der Waals surface area contributed by atoms with E-state index in [2.05, 4.69) is 0 Å². The van der Waals surface area contributed by atoms with Gasteiger partial charge in [0.25, 0.3) is 0 Å². The number of halogens is 2. The summed E-state index contributed by atoms with van der Waals surface area (Å²) in [4.78, 5) is 0. The van der Waals surface area contributed by atoms with Gasteiger partial charge in [-0.2, -0.15) is 0 Å². The first-order valence-electron chi connectivity index (χ1n) is 6.42. The van der Waals surface area contributed by atoms with Gasteiger partial charge in [-0.3, -0.25) is 0 Å². The molecule has 0 aliphatic rings. The number of aryl methyl sites for hydroxylation is 2. The van der Waals surface area contributed by atoms with Crippen LogP contribution in [0.25, 0.3) is 21.9 Å². The molecule has 0 amide bonds. The average molecular weight is 260 g/mol. The highest BCUT2D eigenvalue weighted by molar-refractivity contribution is 6.05. The molecule has 1 nitrogen and oxygen atoms in total. The van der Waals surface area contributed by atoms with Crippen LogP contribution in [0.15, 0.2) is 28.7 Å². The molecule has 98 valence electrons. The maximum Gasteiger partial charge on any atom is 0.171 e. The van der Waals surface area contributed by atoms with Crippen LogP contribution in [0, 0.1) is 18.6 Å². The van der Waals surface area contributed by atoms with Crippen molar-refractivity contribution in [2.24, 2.45) is 0 Å². The van der Waals surface area contributed by atoms with E-state index in [1.54, 1.807) is 25.1 Å². The zero-order valence-electron chi connectivity index (χ0n) is 10.9. The molecule has 0 aliphatic carbocycles. The van der Waals surface area contributed by atoms with Crippen LogP contribution in [-0.4, -0.2) is 0 Å². The molecule has 3 heteroatoms. The summed E-state index contributed by atoms with van der Waals surface area (Å²) in [7, 11) is 0. The van der Waals surface area contributed by atoms with E-state index in [0.29, 0.717) is 28.3 Å².